The first-order chi connectivity index (χ1) is 22.0. The number of carbonyl (C=O) groups is 3. The summed E-state index contributed by atoms with van der Waals surface area (Å²) in [6.45, 7) is 5.36. The van der Waals surface area contributed by atoms with Crippen molar-refractivity contribution in [1.82, 2.24) is 15.0 Å². The number of nitrogens with two attached hydrogens (primary N) is 1. The molecule has 47 heavy (non-hydrogen) atoms. The van der Waals surface area contributed by atoms with Crippen LogP contribution in [0.1, 0.15) is 22.8 Å². The number of anilines is 3. The highest BCUT2D eigenvalue weighted by molar-refractivity contribution is 6.06. The minimum Gasteiger partial charge on any atom is -0.475 e. The van der Waals surface area contributed by atoms with Crippen LogP contribution in [0.25, 0.3) is 22.6 Å². The third-order valence-electron chi connectivity index (χ3n) is 6.45. The summed E-state index contributed by atoms with van der Waals surface area (Å²) in [7, 11) is 0. The molecule has 0 saturated carbocycles. The molecule has 0 atom stereocenters. The highest BCUT2D eigenvalue weighted by atomic mass is 19.4. The quantitative estimate of drug-likeness (QED) is 0.172. The molecule has 1 aliphatic heterocycles. The second-order valence-corrected chi connectivity index (χ2v) is 9.58. The van der Waals surface area contributed by atoms with E-state index < -0.39 is 30.2 Å². The van der Waals surface area contributed by atoms with Gasteiger partial charge in [-0.1, -0.05) is 25.1 Å². The third kappa shape index (κ3) is 9.80. The zero-order chi connectivity index (χ0) is 34.9. The lowest BCUT2D eigenvalue weighted by Gasteiger charge is -2.28. The lowest BCUT2D eigenvalue weighted by atomic mass is 10.1. The number of aromatic amines is 1. The van der Waals surface area contributed by atoms with Gasteiger partial charge in [0.15, 0.2) is 5.65 Å². The van der Waals surface area contributed by atoms with Gasteiger partial charge in [-0.25, -0.2) is 19.6 Å². The Kier molecular flexibility index (Phi) is 11.7. The standard InChI is InChI=1S/C25H26N6O2.2C2HF3O2/c1-2-16-5-3-4-6-20(16)28-21-19(23(26)32)15-27-25-22(21)29-24(30-25)17-7-9-18(10-8-17)31-11-13-33-14-12-31;2*3-2(4,5)1(6)7/h3-10,15H,2,11-14H2,1H3,(H2,26,32)(H2,27,28,29,30);2*(H,6,7). The van der Waals surface area contributed by atoms with E-state index in [0.29, 0.717) is 28.2 Å². The van der Waals surface area contributed by atoms with Crippen molar-refractivity contribution in [1.29, 1.82) is 0 Å². The van der Waals surface area contributed by atoms with E-state index >= 15 is 0 Å². The SMILES string of the molecule is CCc1ccccc1Nc1c(C(N)=O)cnc2nc(-c3ccc(N4CCOCC4)cc3)[nH]c12.O=C(O)C(F)(F)F.O=C(O)C(F)(F)F. The number of hydrogen-bond acceptors (Lipinski definition) is 8. The zero-order valence-electron chi connectivity index (χ0n) is 24.4. The summed E-state index contributed by atoms with van der Waals surface area (Å²) < 4.78 is 68.9. The van der Waals surface area contributed by atoms with E-state index in [0.717, 1.165) is 55.2 Å². The summed E-state index contributed by atoms with van der Waals surface area (Å²) >= 11 is 0. The number of amides is 1. The van der Waals surface area contributed by atoms with E-state index in [1.54, 1.807) is 0 Å². The van der Waals surface area contributed by atoms with Gasteiger partial charge in [0.25, 0.3) is 5.91 Å². The number of aromatic nitrogens is 3. The first-order valence-electron chi connectivity index (χ1n) is 13.6. The summed E-state index contributed by atoms with van der Waals surface area (Å²) in [6.07, 6.45) is -7.83. The third-order valence-corrected chi connectivity index (χ3v) is 6.45. The van der Waals surface area contributed by atoms with Crippen LogP contribution in [0.4, 0.5) is 43.4 Å². The lowest BCUT2D eigenvalue weighted by molar-refractivity contribution is -0.193. The van der Waals surface area contributed by atoms with Crippen LogP contribution in [0.15, 0.2) is 54.7 Å². The number of alkyl halides is 6. The highest BCUT2D eigenvalue weighted by Crippen LogP contribution is 2.32. The molecule has 4 aromatic rings. The van der Waals surface area contributed by atoms with Crippen LogP contribution in [-0.2, 0) is 20.7 Å². The molecule has 6 N–H and O–H groups in total. The molecule has 5 rings (SSSR count). The molecule has 2 aromatic heterocycles. The molecule has 2 aromatic carbocycles. The van der Waals surface area contributed by atoms with Gasteiger partial charge in [-0.15, -0.1) is 0 Å². The molecule has 18 heteroatoms. The number of carbonyl (C=O) groups excluding carboxylic acids is 1. The van der Waals surface area contributed by atoms with Crippen LogP contribution in [0.5, 0.6) is 0 Å². The fourth-order valence-electron chi connectivity index (χ4n) is 4.15. The molecule has 12 nitrogen and oxygen atoms in total. The normalized spacial score (nSPS) is 13.1. The second kappa shape index (κ2) is 15.3. The molecule has 0 aliphatic carbocycles. The Morgan fingerprint density at radius 1 is 0.957 bits per heavy atom. The van der Waals surface area contributed by atoms with Gasteiger partial charge in [-0.2, -0.15) is 26.3 Å². The number of benzene rings is 2. The first kappa shape index (κ1) is 36.1. The molecular weight excluding hydrogens is 642 g/mol. The smallest absolute Gasteiger partial charge is 0.475 e. The average Bonchev–Trinajstić information content (AvgIpc) is 3.47. The van der Waals surface area contributed by atoms with E-state index in [4.69, 9.17) is 30.3 Å². The maximum Gasteiger partial charge on any atom is 0.490 e. The maximum absolute atomic E-state index is 12.2. The molecule has 0 bridgehead atoms. The number of para-hydroxylation sites is 1. The van der Waals surface area contributed by atoms with Crippen molar-refractivity contribution < 1.29 is 55.7 Å². The van der Waals surface area contributed by atoms with Gasteiger partial charge in [0.1, 0.15) is 11.3 Å². The maximum atomic E-state index is 12.2. The number of nitrogens with zero attached hydrogens (tertiary/aromatic N) is 3. The Labute approximate surface area is 262 Å². The number of hydrogen-bond donors (Lipinski definition) is 5. The number of fused-ring (bicyclic) bond motifs is 1. The fraction of sp³-hybridized carbons (Fsp3) is 0.276. The van der Waals surface area contributed by atoms with Crippen molar-refractivity contribution in [3.63, 3.8) is 0 Å². The van der Waals surface area contributed by atoms with Gasteiger partial charge >= 0.3 is 24.3 Å². The van der Waals surface area contributed by atoms with Crippen molar-refractivity contribution >= 4 is 46.1 Å². The number of carboxylic acid groups (broad SMARTS) is 2. The monoisotopic (exact) mass is 670 g/mol. The number of imidazole rings is 1. The highest BCUT2D eigenvalue weighted by Gasteiger charge is 2.38. The Bertz CT molecular complexity index is 1680. The summed E-state index contributed by atoms with van der Waals surface area (Å²) in [5, 5.41) is 17.7. The van der Waals surface area contributed by atoms with E-state index in [2.05, 4.69) is 50.3 Å². The number of rotatable bonds is 6. The van der Waals surface area contributed by atoms with Gasteiger partial charge in [-0.3, -0.25) is 4.79 Å². The molecule has 3 heterocycles. The van der Waals surface area contributed by atoms with Crippen LogP contribution in [0.3, 0.4) is 0 Å². The van der Waals surface area contributed by atoms with Crippen LogP contribution in [0, 0.1) is 0 Å². The predicted octanol–water partition coefficient (Wildman–Crippen LogP) is 5.13. The van der Waals surface area contributed by atoms with Crippen molar-refractivity contribution in [2.75, 3.05) is 36.5 Å². The number of halogens is 6. The van der Waals surface area contributed by atoms with Gasteiger partial charge in [0.2, 0.25) is 0 Å². The number of ether oxygens (including phenoxy) is 1. The molecule has 0 unspecified atom stereocenters. The first-order valence-corrected chi connectivity index (χ1v) is 13.6. The van der Waals surface area contributed by atoms with E-state index in [1.165, 1.54) is 6.20 Å². The van der Waals surface area contributed by atoms with E-state index in [9.17, 15) is 31.1 Å². The molecule has 1 aliphatic rings. The number of aryl methyl sites for hydroxylation is 1. The molecule has 1 fully saturated rings. The van der Waals surface area contributed by atoms with E-state index in [1.807, 2.05) is 30.3 Å². The van der Waals surface area contributed by atoms with Crippen LogP contribution >= 0.6 is 0 Å². The summed E-state index contributed by atoms with van der Waals surface area (Å²) in [5.74, 6) is -5.38. The number of morpholine rings is 1. The Morgan fingerprint density at radius 3 is 2.02 bits per heavy atom. The molecule has 0 spiro atoms. The van der Waals surface area contributed by atoms with Gasteiger partial charge in [-0.05, 0) is 42.3 Å². The van der Waals surface area contributed by atoms with Crippen LogP contribution in [0.2, 0.25) is 0 Å². The number of aliphatic carboxylic acids is 2. The minimum absolute atomic E-state index is 0.311. The summed E-state index contributed by atoms with van der Waals surface area (Å²) in [5.41, 5.74) is 11.9. The van der Waals surface area contributed by atoms with Crippen molar-refractivity contribution in [2.45, 2.75) is 25.7 Å². The molecule has 252 valence electrons. The topological polar surface area (TPSA) is 184 Å². The largest absolute Gasteiger partial charge is 0.490 e. The second-order valence-electron chi connectivity index (χ2n) is 9.58. The molecular formula is C29H28F6N6O6. The Morgan fingerprint density at radius 2 is 1.51 bits per heavy atom. The molecule has 1 saturated heterocycles. The Hall–Kier alpha value is -5.39. The molecule has 1 amide bonds. The van der Waals surface area contributed by atoms with Crippen molar-refractivity contribution in [3.05, 3.63) is 65.9 Å². The van der Waals surface area contributed by atoms with Gasteiger partial charge < -0.3 is 35.9 Å². The van der Waals surface area contributed by atoms with Gasteiger partial charge in [0, 0.05) is 36.2 Å². The number of carboxylic acids is 2. The zero-order valence-corrected chi connectivity index (χ0v) is 24.4. The summed E-state index contributed by atoms with van der Waals surface area (Å²) in [4.78, 5) is 44.7. The number of pyridine rings is 1. The minimum atomic E-state index is -5.08. The van der Waals surface area contributed by atoms with E-state index in [-0.39, 0.29) is 0 Å². The fourth-order valence-corrected chi connectivity index (χ4v) is 4.15. The van der Waals surface area contributed by atoms with Crippen molar-refractivity contribution in [2.24, 2.45) is 5.73 Å². The predicted molar refractivity (Wildman–Crippen MR) is 157 cm³/mol. The average molecular weight is 671 g/mol. The lowest BCUT2D eigenvalue weighted by Crippen LogP contribution is -2.36. The van der Waals surface area contributed by atoms with Crippen LogP contribution in [-0.4, -0.2) is 81.7 Å². The number of H-pyrrole nitrogens is 1. The van der Waals surface area contributed by atoms with Crippen LogP contribution < -0.4 is 16.0 Å². The Balaban J connectivity index is 0.000000360. The van der Waals surface area contributed by atoms with Gasteiger partial charge in [0.05, 0.1) is 24.5 Å². The molecule has 0 radical (unpaired) electrons. The summed E-state index contributed by atoms with van der Waals surface area (Å²) in [6, 6.07) is 16.2. The van der Waals surface area contributed by atoms with Crippen molar-refractivity contribution in [3.8, 4) is 11.4 Å². The number of nitrogens with one attached hydrogen (secondary N) is 2. The number of primary amides is 1.